The van der Waals surface area contributed by atoms with Gasteiger partial charge in [0.15, 0.2) is 0 Å². The second-order valence-electron chi connectivity index (χ2n) is 8.23. The molecule has 1 aliphatic carbocycles. The molecule has 1 amide bonds. The van der Waals surface area contributed by atoms with Gasteiger partial charge in [0.05, 0.1) is 12.8 Å². The second kappa shape index (κ2) is 8.87. The third-order valence-electron chi connectivity index (χ3n) is 6.40. The number of carbonyl (C=O) groups excluding carboxylic acids is 1. The number of methoxy groups -OCH3 is 1. The Morgan fingerprint density at radius 3 is 2.58 bits per heavy atom. The topological polar surface area (TPSA) is 58.6 Å². The fourth-order valence-corrected chi connectivity index (χ4v) is 5.00. The number of hydrogen-bond acceptors (Lipinski definition) is 5. The first-order valence-corrected chi connectivity index (χ1v) is 11.5. The summed E-state index contributed by atoms with van der Waals surface area (Å²) in [6, 6.07) is 12.6. The van der Waals surface area contributed by atoms with E-state index in [4.69, 9.17) is 21.3 Å². The number of rotatable bonds is 4. The van der Waals surface area contributed by atoms with E-state index >= 15 is 0 Å². The molecule has 0 spiro atoms. The number of amides is 1. The molecule has 0 atom stereocenters. The van der Waals surface area contributed by atoms with Crippen LogP contribution in [0.5, 0.6) is 6.01 Å². The third-order valence-corrected chi connectivity index (χ3v) is 6.71. The average Bonchev–Trinajstić information content (AvgIpc) is 2.87. The van der Waals surface area contributed by atoms with Crippen LogP contribution in [-0.4, -0.2) is 54.1 Å². The van der Waals surface area contributed by atoms with Crippen LogP contribution in [0.3, 0.4) is 0 Å². The standard InChI is InChI=1S/C26H25ClN4O2/c1-3-23(32)30-12-14-31(15-13-30)25-20-11-10-18(16-22(20)28-26(29-25)33-2)19-8-4-6-17-7-5-9-21(27)24(17)19/h3-9,16H,1,10-15H2,2H3. The van der Waals surface area contributed by atoms with Crippen LogP contribution in [-0.2, 0) is 11.2 Å². The van der Waals surface area contributed by atoms with Gasteiger partial charge in [-0.25, -0.2) is 0 Å². The summed E-state index contributed by atoms with van der Waals surface area (Å²) in [6.07, 6.45) is 5.21. The van der Waals surface area contributed by atoms with Crippen LogP contribution in [0, 0.1) is 0 Å². The van der Waals surface area contributed by atoms with Crippen LogP contribution < -0.4 is 9.64 Å². The highest BCUT2D eigenvalue weighted by molar-refractivity contribution is 6.36. The van der Waals surface area contributed by atoms with Crippen molar-refractivity contribution in [1.82, 2.24) is 14.9 Å². The molecule has 3 aromatic rings. The number of piperazine rings is 1. The molecule has 0 N–H and O–H groups in total. The Hall–Kier alpha value is -3.38. The highest BCUT2D eigenvalue weighted by atomic mass is 35.5. The number of allylic oxidation sites excluding steroid dienone is 1. The summed E-state index contributed by atoms with van der Waals surface area (Å²) in [6.45, 7) is 6.29. The van der Waals surface area contributed by atoms with Gasteiger partial charge < -0.3 is 14.5 Å². The first kappa shape index (κ1) is 21.5. The van der Waals surface area contributed by atoms with Crippen molar-refractivity contribution in [2.45, 2.75) is 12.8 Å². The molecule has 1 aromatic heterocycles. The Kier molecular flexibility index (Phi) is 5.77. The van der Waals surface area contributed by atoms with Gasteiger partial charge >= 0.3 is 6.01 Å². The summed E-state index contributed by atoms with van der Waals surface area (Å²) >= 11 is 6.59. The lowest BCUT2D eigenvalue weighted by molar-refractivity contribution is -0.126. The first-order valence-electron chi connectivity index (χ1n) is 11.1. The van der Waals surface area contributed by atoms with Crippen LogP contribution in [0.15, 0.2) is 49.1 Å². The Bertz CT molecular complexity index is 1270. The van der Waals surface area contributed by atoms with Crippen molar-refractivity contribution < 1.29 is 9.53 Å². The van der Waals surface area contributed by atoms with Gasteiger partial charge in [0, 0.05) is 42.2 Å². The summed E-state index contributed by atoms with van der Waals surface area (Å²) in [5, 5.41) is 2.95. The number of fused-ring (bicyclic) bond motifs is 2. The summed E-state index contributed by atoms with van der Waals surface area (Å²) in [4.78, 5) is 25.4. The Morgan fingerprint density at radius 2 is 1.85 bits per heavy atom. The molecular formula is C26H25ClN4O2. The minimum atomic E-state index is -0.0294. The zero-order valence-electron chi connectivity index (χ0n) is 18.6. The Balaban J connectivity index is 1.53. The van der Waals surface area contributed by atoms with Gasteiger partial charge in [-0.05, 0) is 47.6 Å². The molecule has 0 saturated carbocycles. The number of nitrogens with zero attached hydrogens (tertiary/aromatic N) is 4. The van der Waals surface area contributed by atoms with Gasteiger partial charge in [0.2, 0.25) is 5.91 Å². The quantitative estimate of drug-likeness (QED) is 0.532. The summed E-state index contributed by atoms with van der Waals surface area (Å²) in [5.41, 5.74) is 4.34. The summed E-state index contributed by atoms with van der Waals surface area (Å²) < 4.78 is 5.44. The number of aromatic nitrogens is 2. The molecule has 1 aliphatic heterocycles. The van der Waals surface area contributed by atoms with Crippen molar-refractivity contribution in [3.05, 3.63) is 70.9 Å². The predicted octanol–water partition coefficient (Wildman–Crippen LogP) is 4.61. The third kappa shape index (κ3) is 3.95. The van der Waals surface area contributed by atoms with Crippen LogP contribution in [0.25, 0.3) is 22.4 Å². The van der Waals surface area contributed by atoms with E-state index in [1.54, 1.807) is 7.11 Å². The summed E-state index contributed by atoms with van der Waals surface area (Å²) in [7, 11) is 1.59. The van der Waals surface area contributed by atoms with E-state index in [0.29, 0.717) is 32.2 Å². The van der Waals surface area contributed by atoms with E-state index in [-0.39, 0.29) is 5.91 Å². The molecule has 1 fully saturated rings. The first-order chi connectivity index (χ1) is 16.1. The molecule has 33 heavy (non-hydrogen) atoms. The molecule has 0 bridgehead atoms. The van der Waals surface area contributed by atoms with Gasteiger partial charge in [-0.2, -0.15) is 9.97 Å². The van der Waals surface area contributed by atoms with Crippen molar-refractivity contribution >= 4 is 45.7 Å². The predicted molar refractivity (Wildman–Crippen MR) is 133 cm³/mol. The van der Waals surface area contributed by atoms with Crippen molar-refractivity contribution in [3.63, 3.8) is 0 Å². The minimum Gasteiger partial charge on any atom is -0.467 e. The van der Waals surface area contributed by atoms with E-state index in [1.165, 1.54) is 11.6 Å². The number of ether oxygens (including phenoxy) is 1. The van der Waals surface area contributed by atoms with E-state index in [0.717, 1.165) is 51.3 Å². The number of halogens is 1. The minimum absolute atomic E-state index is 0.0294. The highest BCUT2D eigenvalue weighted by Crippen LogP contribution is 2.39. The highest BCUT2D eigenvalue weighted by Gasteiger charge is 2.27. The summed E-state index contributed by atoms with van der Waals surface area (Å²) in [5.74, 6) is 0.868. The molecule has 0 unspecified atom stereocenters. The number of carbonyl (C=O) groups is 1. The van der Waals surface area contributed by atoms with Crippen molar-refractivity contribution in [1.29, 1.82) is 0 Å². The lowest BCUT2D eigenvalue weighted by atomic mass is 9.88. The molecule has 7 heteroatoms. The Morgan fingerprint density at radius 1 is 1.09 bits per heavy atom. The molecule has 0 radical (unpaired) electrons. The fourth-order valence-electron chi connectivity index (χ4n) is 4.72. The van der Waals surface area contributed by atoms with Gasteiger partial charge in [-0.3, -0.25) is 4.79 Å². The molecule has 2 aliphatic rings. The molecule has 2 heterocycles. The van der Waals surface area contributed by atoms with Crippen LogP contribution in [0.1, 0.15) is 23.2 Å². The van der Waals surface area contributed by atoms with Crippen molar-refractivity contribution in [3.8, 4) is 6.01 Å². The van der Waals surface area contributed by atoms with Gasteiger partial charge in [-0.15, -0.1) is 0 Å². The van der Waals surface area contributed by atoms with E-state index in [1.807, 2.05) is 17.0 Å². The van der Waals surface area contributed by atoms with Gasteiger partial charge in [0.25, 0.3) is 0 Å². The zero-order valence-corrected chi connectivity index (χ0v) is 19.3. The van der Waals surface area contributed by atoms with Crippen LogP contribution >= 0.6 is 11.6 Å². The smallest absolute Gasteiger partial charge is 0.318 e. The molecule has 168 valence electrons. The second-order valence-corrected chi connectivity index (χ2v) is 8.63. The molecule has 2 aromatic carbocycles. The van der Waals surface area contributed by atoms with E-state index in [2.05, 4.69) is 46.8 Å². The Labute approximate surface area is 198 Å². The lowest BCUT2D eigenvalue weighted by Gasteiger charge is -2.36. The number of anilines is 1. The van der Waals surface area contributed by atoms with Crippen LogP contribution in [0.2, 0.25) is 5.02 Å². The maximum absolute atomic E-state index is 12.0. The SMILES string of the molecule is C=CC(=O)N1CCN(c2nc(OC)nc3c2CCC(c2cccc4cccc(Cl)c24)=C3)CC1. The van der Waals surface area contributed by atoms with E-state index in [9.17, 15) is 4.79 Å². The average molecular weight is 461 g/mol. The van der Waals surface area contributed by atoms with Crippen molar-refractivity contribution in [2.24, 2.45) is 0 Å². The normalized spacial score (nSPS) is 15.8. The fraction of sp³-hybridized carbons (Fsp3) is 0.269. The van der Waals surface area contributed by atoms with Crippen LogP contribution in [0.4, 0.5) is 5.82 Å². The van der Waals surface area contributed by atoms with Crippen molar-refractivity contribution in [2.75, 3.05) is 38.2 Å². The monoisotopic (exact) mass is 460 g/mol. The van der Waals surface area contributed by atoms with Gasteiger partial charge in [0.1, 0.15) is 5.82 Å². The molecule has 5 rings (SSSR count). The number of benzene rings is 2. The molecule has 6 nitrogen and oxygen atoms in total. The maximum Gasteiger partial charge on any atom is 0.318 e. The van der Waals surface area contributed by atoms with E-state index < -0.39 is 0 Å². The zero-order chi connectivity index (χ0) is 22.9. The number of hydrogen-bond donors (Lipinski definition) is 0. The molecule has 1 saturated heterocycles. The maximum atomic E-state index is 12.0. The van der Waals surface area contributed by atoms with Gasteiger partial charge in [-0.1, -0.05) is 48.5 Å². The largest absolute Gasteiger partial charge is 0.467 e. The lowest BCUT2D eigenvalue weighted by Crippen LogP contribution is -2.49. The molecular weight excluding hydrogens is 436 g/mol.